The van der Waals surface area contributed by atoms with Gasteiger partial charge in [-0.2, -0.15) is 52.7 Å². The SMILES string of the molecule is FC(F)(F)c1cc(-c2cc(-c3ccc(Cc4ccccc4)cc3)cc(N(c3ccc(N(c4cccnc4)c4cc(-c5ccc(Sc6ccccc6)cc5)cc(-c5cc(C(F)(F)F)cc(C(F)(F)F)c5)c4)cc3)c3cccnc3)c2)cc(C(F)(F)F)c1. The van der Waals surface area contributed by atoms with Crippen molar-refractivity contribution in [2.24, 2.45) is 0 Å². The molecule has 0 atom stereocenters. The van der Waals surface area contributed by atoms with E-state index in [1.165, 1.54) is 60.8 Å². The molecular formula is C69H44F12N4S. The molecule has 0 saturated carbocycles. The average Bonchev–Trinajstić information content (AvgIpc) is 1.25. The van der Waals surface area contributed by atoms with Crippen LogP contribution in [0.25, 0.3) is 44.5 Å². The Labute approximate surface area is 490 Å². The lowest BCUT2D eigenvalue weighted by atomic mass is 9.94. The summed E-state index contributed by atoms with van der Waals surface area (Å²) in [7, 11) is 0. The summed E-state index contributed by atoms with van der Waals surface area (Å²) in [5, 5.41) is 0. The topological polar surface area (TPSA) is 32.3 Å². The van der Waals surface area contributed by atoms with Crippen LogP contribution in [0, 0.1) is 0 Å². The van der Waals surface area contributed by atoms with Gasteiger partial charge in [0.05, 0.1) is 46.0 Å². The predicted octanol–water partition coefficient (Wildman–Crippen LogP) is 21.9. The molecule has 0 saturated heterocycles. The molecule has 0 fully saturated rings. The lowest BCUT2D eigenvalue weighted by Gasteiger charge is -2.29. The van der Waals surface area contributed by atoms with Gasteiger partial charge in [0.2, 0.25) is 0 Å². The molecule has 86 heavy (non-hydrogen) atoms. The molecule has 2 aromatic heterocycles. The van der Waals surface area contributed by atoms with Crippen LogP contribution in [0.1, 0.15) is 33.4 Å². The maximum atomic E-state index is 14.5. The van der Waals surface area contributed by atoms with Gasteiger partial charge in [-0.25, -0.2) is 0 Å². The van der Waals surface area contributed by atoms with E-state index in [1.807, 2.05) is 97.1 Å². The molecule has 0 spiro atoms. The summed E-state index contributed by atoms with van der Waals surface area (Å²) < 4.78 is 173. The molecule has 0 aliphatic carbocycles. The molecule has 2 heterocycles. The van der Waals surface area contributed by atoms with Gasteiger partial charge in [-0.15, -0.1) is 0 Å². The number of anilines is 6. The molecule has 0 aliphatic heterocycles. The van der Waals surface area contributed by atoms with Crippen molar-refractivity contribution in [2.75, 3.05) is 9.80 Å². The molecule has 430 valence electrons. The second kappa shape index (κ2) is 23.8. The molecule has 11 rings (SSSR count). The van der Waals surface area contributed by atoms with Gasteiger partial charge < -0.3 is 9.80 Å². The second-order valence-electron chi connectivity index (χ2n) is 20.0. The van der Waals surface area contributed by atoms with E-state index in [2.05, 4.69) is 9.97 Å². The summed E-state index contributed by atoms with van der Waals surface area (Å²) in [6.45, 7) is 0. The van der Waals surface area contributed by atoms with Gasteiger partial charge in [0.15, 0.2) is 0 Å². The molecule has 0 N–H and O–H groups in total. The first-order valence-corrected chi connectivity index (χ1v) is 27.3. The highest BCUT2D eigenvalue weighted by molar-refractivity contribution is 7.99. The van der Waals surface area contributed by atoms with Crippen LogP contribution in [0.2, 0.25) is 0 Å². The van der Waals surface area contributed by atoms with E-state index in [4.69, 9.17) is 0 Å². The van der Waals surface area contributed by atoms with E-state index in [-0.39, 0.29) is 34.4 Å². The number of rotatable bonds is 14. The first-order valence-electron chi connectivity index (χ1n) is 26.5. The van der Waals surface area contributed by atoms with Crippen molar-refractivity contribution in [3.05, 3.63) is 289 Å². The van der Waals surface area contributed by atoms with Crippen LogP contribution in [0.5, 0.6) is 0 Å². The number of hydrogen-bond acceptors (Lipinski definition) is 5. The van der Waals surface area contributed by atoms with Crippen molar-refractivity contribution >= 4 is 45.9 Å². The molecule has 0 unspecified atom stereocenters. The number of nitrogens with zero attached hydrogens (tertiary/aromatic N) is 4. The maximum absolute atomic E-state index is 14.5. The van der Waals surface area contributed by atoms with Crippen molar-refractivity contribution in [3.63, 3.8) is 0 Å². The Balaban J connectivity index is 1.07. The fourth-order valence-electron chi connectivity index (χ4n) is 9.99. The minimum Gasteiger partial charge on any atom is -0.309 e. The van der Waals surface area contributed by atoms with E-state index in [9.17, 15) is 52.7 Å². The molecule has 17 heteroatoms. The lowest BCUT2D eigenvalue weighted by molar-refractivity contribution is -0.144. The minimum absolute atomic E-state index is 0.0229. The third-order valence-corrected chi connectivity index (χ3v) is 15.1. The molecular weight excluding hydrogens is 1140 g/mol. The van der Waals surface area contributed by atoms with Crippen LogP contribution in [0.3, 0.4) is 0 Å². The largest absolute Gasteiger partial charge is 0.416 e. The fourth-order valence-corrected chi connectivity index (χ4v) is 10.8. The monoisotopic (exact) mass is 1190 g/mol. The summed E-state index contributed by atoms with van der Waals surface area (Å²) >= 11 is 1.49. The number of hydrogen-bond donors (Lipinski definition) is 0. The molecule has 9 aromatic carbocycles. The smallest absolute Gasteiger partial charge is 0.309 e. The van der Waals surface area contributed by atoms with E-state index >= 15 is 0 Å². The maximum Gasteiger partial charge on any atom is 0.416 e. The highest BCUT2D eigenvalue weighted by Crippen LogP contribution is 2.47. The van der Waals surface area contributed by atoms with Gasteiger partial charge in [0, 0.05) is 44.9 Å². The Morgan fingerprint density at radius 3 is 0.988 bits per heavy atom. The van der Waals surface area contributed by atoms with Crippen LogP contribution in [0.4, 0.5) is 86.8 Å². The Morgan fingerprint density at radius 1 is 0.279 bits per heavy atom. The molecule has 0 amide bonds. The summed E-state index contributed by atoms with van der Waals surface area (Å²) in [6.07, 6.45) is -13.8. The standard InChI is InChI=1S/C69H44F12N4S/c70-66(71,72)54-32-52(33-55(40-54)67(73,74)75)50-30-48(46-17-15-45(16-18-46)29-44-9-3-1-4-10-44)36-62(38-50)84(60-11-7-27-82-42-60)58-21-23-59(24-22-58)85(61-12-8-28-83-43-61)63-37-49(47-19-25-65(26-20-47)86-64-13-5-2-6-14-64)31-51(39-63)53-34-56(68(76,77)78)41-57(35-53)69(79,80)81/h1-28,30-43H,29H2. The van der Waals surface area contributed by atoms with E-state index in [1.54, 1.807) is 82.6 Å². The van der Waals surface area contributed by atoms with Crippen LogP contribution < -0.4 is 9.80 Å². The van der Waals surface area contributed by atoms with Gasteiger partial charge in [-0.3, -0.25) is 9.97 Å². The molecule has 11 aromatic rings. The first kappa shape index (κ1) is 58.2. The minimum atomic E-state index is -5.14. The Hall–Kier alpha value is -9.61. The summed E-state index contributed by atoms with van der Waals surface area (Å²) in [6, 6.07) is 60.0. The third kappa shape index (κ3) is 13.5. The molecule has 4 nitrogen and oxygen atoms in total. The predicted molar refractivity (Wildman–Crippen MR) is 313 cm³/mol. The summed E-state index contributed by atoms with van der Waals surface area (Å²) in [5.41, 5.74) is -0.200. The van der Waals surface area contributed by atoms with Crippen LogP contribution >= 0.6 is 11.8 Å². The molecule has 0 bridgehead atoms. The average molecular weight is 1190 g/mol. The highest BCUT2D eigenvalue weighted by Gasteiger charge is 2.39. The number of aromatic nitrogens is 2. The quantitative estimate of drug-likeness (QED) is 0.101. The Bertz CT molecular complexity index is 3810. The van der Waals surface area contributed by atoms with E-state index < -0.39 is 47.0 Å². The zero-order valence-electron chi connectivity index (χ0n) is 44.7. The van der Waals surface area contributed by atoms with Gasteiger partial charge >= 0.3 is 24.7 Å². The van der Waals surface area contributed by atoms with Crippen LogP contribution in [0.15, 0.2) is 265 Å². The summed E-state index contributed by atoms with van der Waals surface area (Å²) in [4.78, 5) is 14.0. The van der Waals surface area contributed by atoms with Crippen LogP contribution in [-0.4, -0.2) is 9.97 Å². The van der Waals surface area contributed by atoms with Gasteiger partial charge in [0.1, 0.15) is 0 Å². The van der Waals surface area contributed by atoms with Crippen molar-refractivity contribution in [1.29, 1.82) is 0 Å². The van der Waals surface area contributed by atoms with Crippen molar-refractivity contribution in [3.8, 4) is 44.5 Å². The van der Waals surface area contributed by atoms with E-state index in [0.29, 0.717) is 87.1 Å². The number of alkyl halides is 12. The Morgan fingerprint density at radius 2 is 0.616 bits per heavy atom. The second-order valence-corrected chi connectivity index (χ2v) is 21.2. The molecule has 0 aliphatic rings. The fraction of sp³-hybridized carbons (Fsp3) is 0.0725. The zero-order chi connectivity index (χ0) is 60.4. The lowest BCUT2D eigenvalue weighted by Crippen LogP contribution is -2.13. The van der Waals surface area contributed by atoms with Crippen molar-refractivity contribution in [1.82, 2.24) is 9.97 Å². The highest BCUT2D eigenvalue weighted by atomic mass is 32.2. The van der Waals surface area contributed by atoms with Crippen LogP contribution in [-0.2, 0) is 31.1 Å². The van der Waals surface area contributed by atoms with Crippen molar-refractivity contribution < 1.29 is 52.7 Å². The Kier molecular flexibility index (Phi) is 16.1. The summed E-state index contributed by atoms with van der Waals surface area (Å²) in [5.74, 6) is 0. The van der Waals surface area contributed by atoms with Crippen molar-refractivity contribution in [2.45, 2.75) is 40.9 Å². The third-order valence-electron chi connectivity index (χ3n) is 14.1. The van der Waals surface area contributed by atoms with Gasteiger partial charge in [0.25, 0.3) is 0 Å². The van der Waals surface area contributed by atoms with Gasteiger partial charge in [-0.1, -0.05) is 96.7 Å². The first-order chi connectivity index (χ1) is 41.1. The normalized spacial score (nSPS) is 12.0. The number of benzene rings is 9. The number of halogens is 12. The number of pyridine rings is 2. The zero-order valence-corrected chi connectivity index (χ0v) is 45.5. The van der Waals surface area contributed by atoms with E-state index in [0.717, 1.165) is 20.9 Å². The van der Waals surface area contributed by atoms with Gasteiger partial charge in [-0.05, 0) is 208 Å². The molecule has 0 radical (unpaired) electrons.